The molecule has 0 aliphatic carbocycles. The van der Waals surface area contributed by atoms with Gasteiger partial charge in [-0.3, -0.25) is 5.84 Å². The third-order valence-electron chi connectivity index (χ3n) is 3.18. The topological polar surface area (TPSA) is 38.0 Å². The van der Waals surface area contributed by atoms with E-state index >= 15 is 0 Å². The molecule has 0 spiro atoms. The van der Waals surface area contributed by atoms with E-state index in [9.17, 15) is 13.2 Å². The van der Waals surface area contributed by atoms with Gasteiger partial charge in [-0.05, 0) is 36.2 Å². The van der Waals surface area contributed by atoms with Crippen LogP contribution in [0.4, 0.5) is 13.2 Å². The van der Waals surface area contributed by atoms with Crippen LogP contribution in [-0.4, -0.2) is 0 Å². The first-order chi connectivity index (χ1) is 9.82. The van der Waals surface area contributed by atoms with Gasteiger partial charge >= 0.3 is 6.18 Å². The molecule has 0 fully saturated rings. The smallest absolute Gasteiger partial charge is 0.271 e. The van der Waals surface area contributed by atoms with Gasteiger partial charge in [0.25, 0.3) is 0 Å². The number of halogens is 4. The molecule has 2 aromatic carbocycles. The fourth-order valence-electron chi connectivity index (χ4n) is 2.14. The van der Waals surface area contributed by atoms with E-state index < -0.39 is 17.8 Å². The van der Waals surface area contributed by atoms with Gasteiger partial charge in [-0.25, -0.2) is 5.43 Å². The summed E-state index contributed by atoms with van der Waals surface area (Å²) in [6.07, 6.45) is -4.38. The lowest BCUT2D eigenvalue weighted by atomic mass is 9.96. The van der Waals surface area contributed by atoms with Crippen LogP contribution >= 0.6 is 15.9 Å². The number of benzene rings is 2. The van der Waals surface area contributed by atoms with E-state index in [2.05, 4.69) is 21.4 Å². The Hall–Kier alpha value is -1.37. The van der Waals surface area contributed by atoms with Gasteiger partial charge in [0.15, 0.2) is 0 Å². The normalized spacial score (nSPS) is 13.2. The second-order valence-electron chi connectivity index (χ2n) is 4.75. The van der Waals surface area contributed by atoms with E-state index in [0.29, 0.717) is 5.56 Å². The summed E-state index contributed by atoms with van der Waals surface area (Å²) in [7, 11) is 0. The Labute approximate surface area is 129 Å². The Morgan fingerprint density at radius 3 is 2.48 bits per heavy atom. The molecular formula is C15H14BrF3N2. The number of hydrogen-bond donors (Lipinski definition) is 2. The highest BCUT2D eigenvalue weighted by atomic mass is 79.9. The molecule has 3 N–H and O–H groups in total. The first-order valence-corrected chi connectivity index (χ1v) is 7.01. The van der Waals surface area contributed by atoms with Crippen molar-refractivity contribution in [2.75, 3.05) is 0 Å². The lowest BCUT2D eigenvalue weighted by molar-refractivity contribution is -0.137. The summed E-state index contributed by atoms with van der Waals surface area (Å²) < 4.78 is 39.2. The predicted molar refractivity (Wildman–Crippen MR) is 79.5 cm³/mol. The van der Waals surface area contributed by atoms with Crippen molar-refractivity contribution in [1.82, 2.24) is 5.43 Å². The molecule has 0 heterocycles. The summed E-state index contributed by atoms with van der Waals surface area (Å²) in [6.45, 7) is 1.91. The van der Waals surface area contributed by atoms with Crippen LogP contribution in [0, 0.1) is 6.92 Å². The Bertz CT molecular complexity index is 641. The van der Waals surface area contributed by atoms with E-state index in [4.69, 9.17) is 5.84 Å². The van der Waals surface area contributed by atoms with Gasteiger partial charge in [-0.15, -0.1) is 0 Å². The lowest BCUT2D eigenvalue weighted by Crippen LogP contribution is -2.29. The number of hydrogen-bond acceptors (Lipinski definition) is 2. The summed E-state index contributed by atoms with van der Waals surface area (Å²) in [4.78, 5) is 0. The van der Waals surface area contributed by atoms with Gasteiger partial charge in [0.2, 0.25) is 0 Å². The zero-order chi connectivity index (χ0) is 15.6. The van der Waals surface area contributed by atoms with Gasteiger partial charge in [-0.1, -0.05) is 45.8 Å². The van der Waals surface area contributed by atoms with Crippen molar-refractivity contribution in [1.29, 1.82) is 0 Å². The number of nitrogens with one attached hydrogen (secondary N) is 1. The molecule has 0 saturated heterocycles. The first-order valence-electron chi connectivity index (χ1n) is 6.22. The molecule has 2 aromatic rings. The zero-order valence-corrected chi connectivity index (χ0v) is 12.8. The average Bonchev–Trinajstić information content (AvgIpc) is 2.43. The van der Waals surface area contributed by atoms with E-state index in [1.165, 1.54) is 6.07 Å². The molecule has 0 radical (unpaired) electrons. The van der Waals surface area contributed by atoms with Crippen LogP contribution in [0.3, 0.4) is 0 Å². The highest BCUT2D eigenvalue weighted by molar-refractivity contribution is 9.10. The van der Waals surface area contributed by atoms with E-state index in [1.54, 1.807) is 6.07 Å². The summed E-state index contributed by atoms with van der Waals surface area (Å²) in [5.74, 6) is 5.56. The molecule has 21 heavy (non-hydrogen) atoms. The average molecular weight is 359 g/mol. The maximum Gasteiger partial charge on any atom is 0.416 e. The van der Waals surface area contributed by atoms with Crippen LogP contribution in [0.15, 0.2) is 46.9 Å². The number of rotatable bonds is 3. The Balaban J connectivity index is 2.49. The maximum atomic E-state index is 12.8. The van der Waals surface area contributed by atoms with Gasteiger partial charge in [0.1, 0.15) is 0 Å². The van der Waals surface area contributed by atoms with Crippen LogP contribution in [0.5, 0.6) is 0 Å². The first kappa shape index (κ1) is 16.0. The maximum absolute atomic E-state index is 12.8. The van der Waals surface area contributed by atoms with Crippen molar-refractivity contribution in [3.63, 3.8) is 0 Å². The standard InChI is InChI=1S/C15H14BrF3N2/c1-9-5-6-13(16)12(7-9)14(21-20)10-3-2-4-11(8-10)15(17,18)19/h2-8,14,21H,20H2,1H3. The predicted octanol–water partition coefficient (Wildman–Crippen LogP) is 4.33. The van der Waals surface area contributed by atoms with Crippen molar-refractivity contribution in [2.24, 2.45) is 5.84 Å². The number of aryl methyl sites for hydroxylation is 1. The summed E-state index contributed by atoms with van der Waals surface area (Å²) in [5.41, 5.74) is 4.14. The van der Waals surface area contributed by atoms with E-state index in [0.717, 1.165) is 27.7 Å². The Morgan fingerprint density at radius 2 is 1.86 bits per heavy atom. The molecule has 0 saturated carbocycles. The molecule has 0 aliphatic heterocycles. The van der Waals surface area contributed by atoms with Gasteiger partial charge in [-0.2, -0.15) is 13.2 Å². The summed E-state index contributed by atoms with van der Waals surface area (Å²) in [5, 5.41) is 0. The van der Waals surface area contributed by atoms with Crippen molar-refractivity contribution in [2.45, 2.75) is 19.1 Å². The van der Waals surface area contributed by atoms with E-state index in [-0.39, 0.29) is 0 Å². The van der Waals surface area contributed by atoms with Gasteiger partial charge in [0, 0.05) is 4.47 Å². The third-order valence-corrected chi connectivity index (χ3v) is 3.90. The molecule has 2 nitrogen and oxygen atoms in total. The van der Waals surface area contributed by atoms with Crippen LogP contribution in [0.25, 0.3) is 0 Å². The summed E-state index contributed by atoms with van der Waals surface area (Å²) in [6, 6.07) is 10.3. The third kappa shape index (κ3) is 3.64. The number of hydrazine groups is 1. The quantitative estimate of drug-likeness (QED) is 0.633. The highest BCUT2D eigenvalue weighted by Crippen LogP contribution is 2.33. The van der Waals surface area contributed by atoms with Crippen LogP contribution < -0.4 is 11.3 Å². The zero-order valence-electron chi connectivity index (χ0n) is 11.2. The minimum Gasteiger partial charge on any atom is -0.271 e. The fourth-order valence-corrected chi connectivity index (χ4v) is 2.62. The molecule has 0 aromatic heterocycles. The minimum absolute atomic E-state index is 0.457. The van der Waals surface area contributed by atoms with Crippen LogP contribution in [-0.2, 0) is 6.18 Å². The molecule has 2 rings (SSSR count). The molecule has 0 bridgehead atoms. The van der Waals surface area contributed by atoms with Crippen molar-refractivity contribution < 1.29 is 13.2 Å². The molecule has 6 heteroatoms. The minimum atomic E-state index is -4.38. The molecule has 0 amide bonds. The second kappa shape index (κ2) is 6.17. The lowest BCUT2D eigenvalue weighted by Gasteiger charge is -2.20. The largest absolute Gasteiger partial charge is 0.416 e. The van der Waals surface area contributed by atoms with Crippen LogP contribution in [0.1, 0.15) is 28.3 Å². The number of alkyl halides is 3. The number of nitrogens with two attached hydrogens (primary N) is 1. The van der Waals surface area contributed by atoms with Crippen molar-refractivity contribution in [3.8, 4) is 0 Å². The molecular weight excluding hydrogens is 345 g/mol. The van der Waals surface area contributed by atoms with Crippen molar-refractivity contribution >= 4 is 15.9 Å². The monoisotopic (exact) mass is 358 g/mol. The summed E-state index contributed by atoms with van der Waals surface area (Å²) >= 11 is 3.41. The van der Waals surface area contributed by atoms with Crippen LogP contribution in [0.2, 0.25) is 0 Å². The Kier molecular flexibility index (Phi) is 4.70. The van der Waals surface area contributed by atoms with Gasteiger partial charge < -0.3 is 0 Å². The molecule has 1 unspecified atom stereocenters. The second-order valence-corrected chi connectivity index (χ2v) is 5.60. The SMILES string of the molecule is Cc1ccc(Br)c(C(NN)c2cccc(C(F)(F)F)c2)c1. The fraction of sp³-hybridized carbons (Fsp3) is 0.200. The van der Waals surface area contributed by atoms with Crippen molar-refractivity contribution in [3.05, 3.63) is 69.2 Å². The van der Waals surface area contributed by atoms with Gasteiger partial charge in [0.05, 0.1) is 11.6 Å². The molecule has 1 atom stereocenters. The highest BCUT2D eigenvalue weighted by Gasteiger charge is 2.31. The van der Waals surface area contributed by atoms with E-state index in [1.807, 2.05) is 25.1 Å². The molecule has 0 aliphatic rings. The Morgan fingerprint density at radius 1 is 1.14 bits per heavy atom. The molecule has 112 valence electrons.